The van der Waals surface area contributed by atoms with Gasteiger partial charge in [-0.2, -0.15) is 0 Å². The molecule has 4 heteroatoms. The summed E-state index contributed by atoms with van der Waals surface area (Å²) in [6.45, 7) is 3.20. The van der Waals surface area contributed by atoms with Gasteiger partial charge in [0.05, 0.1) is 5.38 Å². The fraction of sp³-hybridized carbons (Fsp3) is 0.571. The molecule has 0 saturated heterocycles. The Morgan fingerprint density at radius 1 is 1.64 bits per heavy atom. The van der Waals surface area contributed by atoms with Crippen molar-refractivity contribution in [2.75, 3.05) is 0 Å². The molecule has 0 aliphatic heterocycles. The molecule has 0 aromatic heterocycles. The maximum Gasteiger partial charge on any atom is 0.254 e. The van der Waals surface area contributed by atoms with Crippen LogP contribution in [0.2, 0.25) is 0 Å². The lowest BCUT2D eigenvalue weighted by Crippen LogP contribution is -2.11. The van der Waals surface area contributed by atoms with Crippen LogP contribution in [0.5, 0.6) is 0 Å². The van der Waals surface area contributed by atoms with Gasteiger partial charge in [-0.25, -0.2) is 8.78 Å². The van der Waals surface area contributed by atoms with Crippen LogP contribution in [0, 0.1) is 0 Å². The highest BCUT2D eigenvalue weighted by Crippen LogP contribution is 2.14. The second kappa shape index (κ2) is 5.24. The molecule has 0 amide bonds. The molecule has 0 spiro atoms. The van der Waals surface area contributed by atoms with Crippen LogP contribution < -0.4 is 0 Å². The largest absolute Gasteiger partial charge is 0.295 e. The first-order valence-corrected chi connectivity index (χ1v) is 3.59. The summed E-state index contributed by atoms with van der Waals surface area (Å²) in [6.07, 6.45) is -1.41. The average Bonchev–Trinajstić information content (AvgIpc) is 1.99. The van der Waals surface area contributed by atoms with Gasteiger partial charge in [-0.3, -0.25) is 4.79 Å². The van der Waals surface area contributed by atoms with Gasteiger partial charge in [0.25, 0.3) is 6.43 Å². The van der Waals surface area contributed by atoms with Crippen LogP contribution in [0.3, 0.4) is 0 Å². The Morgan fingerprint density at radius 2 is 2.18 bits per heavy atom. The molecule has 0 rings (SSSR count). The molecule has 0 N–H and O–H groups in total. The second-order valence-electron chi connectivity index (χ2n) is 2.06. The number of carbonyl (C=O) groups excluding carboxylic acids is 1. The SMILES string of the molecule is C=CC(=O)CCC(Cl)C(F)F. The van der Waals surface area contributed by atoms with Crippen LogP contribution in [0.25, 0.3) is 0 Å². The number of hydrogen-bond acceptors (Lipinski definition) is 1. The van der Waals surface area contributed by atoms with Gasteiger partial charge in [-0.05, 0) is 12.5 Å². The van der Waals surface area contributed by atoms with Crippen molar-refractivity contribution < 1.29 is 13.6 Å². The molecule has 0 aromatic carbocycles. The zero-order valence-electron chi connectivity index (χ0n) is 5.90. The van der Waals surface area contributed by atoms with Gasteiger partial charge in [0.15, 0.2) is 5.78 Å². The predicted molar refractivity (Wildman–Crippen MR) is 40.1 cm³/mol. The van der Waals surface area contributed by atoms with Crippen LogP contribution in [-0.2, 0) is 4.79 Å². The highest BCUT2D eigenvalue weighted by Gasteiger charge is 2.17. The van der Waals surface area contributed by atoms with Crippen molar-refractivity contribution in [2.24, 2.45) is 0 Å². The smallest absolute Gasteiger partial charge is 0.254 e. The van der Waals surface area contributed by atoms with Crippen LogP contribution in [0.1, 0.15) is 12.8 Å². The molecule has 0 saturated carbocycles. The topological polar surface area (TPSA) is 17.1 Å². The maximum absolute atomic E-state index is 11.7. The van der Waals surface area contributed by atoms with E-state index >= 15 is 0 Å². The van der Waals surface area contributed by atoms with Crippen LogP contribution in [0.4, 0.5) is 8.78 Å². The molecule has 0 aliphatic carbocycles. The van der Waals surface area contributed by atoms with Gasteiger partial charge < -0.3 is 0 Å². The predicted octanol–water partition coefficient (Wildman–Crippen LogP) is 2.39. The van der Waals surface area contributed by atoms with E-state index < -0.39 is 11.8 Å². The molecule has 64 valence electrons. The molecule has 0 aromatic rings. The van der Waals surface area contributed by atoms with Gasteiger partial charge in [0.1, 0.15) is 0 Å². The Morgan fingerprint density at radius 3 is 2.55 bits per heavy atom. The Kier molecular flexibility index (Phi) is 5.03. The third kappa shape index (κ3) is 4.90. The lowest BCUT2D eigenvalue weighted by Gasteiger charge is -2.04. The van der Waals surface area contributed by atoms with E-state index in [-0.39, 0.29) is 18.6 Å². The minimum Gasteiger partial charge on any atom is -0.295 e. The van der Waals surface area contributed by atoms with E-state index in [0.29, 0.717) is 0 Å². The minimum atomic E-state index is -2.56. The molecule has 1 atom stereocenters. The van der Waals surface area contributed by atoms with Gasteiger partial charge in [-0.15, -0.1) is 11.6 Å². The van der Waals surface area contributed by atoms with Gasteiger partial charge >= 0.3 is 0 Å². The third-order valence-electron chi connectivity index (χ3n) is 1.17. The second-order valence-corrected chi connectivity index (χ2v) is 2.62. The lowest BCUT2D eigenvalue weighted by atomic mass is 10.2. The van der Waals surface area contributed by atoms with E-state index in [2.05, 4.69) is 6.58 Å². The summed E-state index contributed by atoms with van der Waals surface area (Å²) < 4.78 is 23.4. The van der Waals surface area contributed by atoms with E-state index in [1.165, 1.54) is 0 Å². The van der Waals surface area contributed by atoms with Crippen LogP contribution in [-0.4, -0.2) is 17.6 Å². The first-order valence-electron chi connectivity index (χ1n) is 3.15. The normalized spacial score (nSPS) is 13.1. The first kappa shape index (κ1) is 10.6. The van der Waals surface area contributed by atoms with E-state index in [4.69, 9.17) is 11.6 Å². The maximum atomic E-state index is 11.7. The number of alkyl halides is 3. The van der Waals surface area contributed by atoms with Crippen molar-refractivity contribution in [3.05, 3.63) is 12.7 Å². The summed E-state index contributed by atoms with van der Waals surface area (Å²) in [4.78, 5) is 10.5. The summed E-state index contributed by atoms with van der Waals surface area (Å²) in [5.41, 5.74) is 0. The number of hydrogen-bond donors (Lipinski definition) is 0. The van der Waals surface area contributed by atoms with E-state index in [1.54, 1.807) is 0 Å². The highest BCUT2D eigenvalue weighted by atomic mass is 35.5. The van der Waals surface area contributed by atoms with Crippen LogP contribution >= 0.6 is 11.6 Å². The molecule has 0 aliphatic rings. The van der Waals surface area contributed by atoms with Crippen LogP contribution in [0.15, 0.2) is 12.7 Å². The zero-order chi connectivity index (χ0) is 8.85. The van der Waals surface area contributed by atoms with Gasteiger partial charge in [-0.1, -0.05) is 6.58 Å². The summed E-state index contributed by atoms with van der Waals surface area (Å²) in [5, 5.41) is -1.22. The molecule has 0 heterocycles. The lowest BCUT2D eigenvalue weighted by molar-refractivity contribution is -0.114. The van der Waals surface area contributed by atoms with Gasteiger partial charge in [0.2, 0.25) is 0 Å². The first-order chi connectivity index (χ1) is 5.07. The molecular weight excluding hydrogens is 174 g/mol. The fourth-order valence-corrected chi connectivity index (χ4v) is 0.617. The molecule has 0 bridgehead atoms. The molecule has 1 unspecified atom stereocenters. The molecule has 1 nitrogen and oxygen atoms in total. The summed E-state index contributed by atoms with van der Waals surface area (Å²) in [6, 6.07) is 0. The standard InChI is InChI=1S/C7H9ClF2O/c1-2-5(11)3-4-6(8)7(9)10/h2,6-7H,1,3-4H2. The molecule has 0 radical (unpaired) electrons. The monoisotopic (exact) mass is 182 g/mol. The van der Waals surface area contributed by atoms with Crippen molar-refractivity contribution in [3.8, 4) is 0 Å². The Balaban J connectivity index is 3.53. The Labute approximate surface area is 69.0 Å². The summed E-state index contributed by atoms with van der Waals surface area (Å²) in [5.74, 6) is -0.253. The molecule has 0 fully saturated rings. The quantitative estimate of drug-likeness (QED) is 0.471. The Bertz CT molecular complexity index is 147. The Hall–Kier alpha value is -0.440. The summed E-state index contributed by atoms with van der Waals surface area (Å²) >= 11 is 5.18. The highest BCUT2D eigenvalue weighted by molar-refractivity contribution is 6.21. The van der Waals surface area contributed by atoms with Crippen molar-refractivity contribution in [2.45, 2.75) is 24.6 Å². The van der Waals surface area contributed by atoms with E-state index in [9.17, 15) is 13.6 Å². The van der Waals surface area contributed by atoms with Crippen molar-refractivity contribution in [3.63, 3.8) is 0 Å². The fourth-order valence-electron chi connectivity index (χ4n) is 0.508. The number of rotatable bonds is 5. The summed E-state index contributed by atoms with van der Waals surface area (Å²) in [7, 11) is 0. The average molecular weight is 183 g/mol. The number of ketones is 1. The van der Waals surface area contributed by atoms with E-state index in [1.807, 2.05) is 0 Å². The zero-order valence-corrected chi connectivity index (χ0v) is 6.65. The van der Waals surface area contributed by atoms with Crippen molar-refractivity contribution >= 4 is 17.4 Å². The number of halogens is 3. The van der Waals surface area contributed by atoms with Crippen molar-refractivity contribution in [1.29, 1.82) is 0 Å². The van der Waals surface area contributed by atoms with Crippen molar-refractivity contribution in [1.82, 2.24) is 0 Å². The number of carbonyl (C=O) groups is 1. The van der Waals surface area contributed by atoms with Gasteiger partial charge in [0, 0.05) is 6.42 Å². The molecular formula is C7H9ClF2O. The van der Waals surface area contributed by atoms with E-state index in [0.717, 1.165) is 6.08 Å². The number of allylic oxidation sites excluding steroid dienone is 1. The third-order valence-corrected chi connectivity index (χ3v) is 1.58. The minimum absolute atomic E-state index is 0.00404. The molecule has 11 heavy (non-hydrogen) atoms.